The number of nitro groups is 1. The van der Waals surface area contributed by atoms with Crippen LogP contribution in [0, 0.1) is 10.1 Å². The van der Waals surface area contributed by atoms with E-state index >= 15 is 0 Å². The largest absolute Gasteiger partial charge is 0.493 e. The average Bonchev–Trinajstić information content (AvgIpc) is 3.30. The molecule has 0 spiro atoms. The molecule has 10 heteroatoms. The van der Waals surface area contributed by atoms with Gasteiger partial charge < -0.3 is 28.8 Å². The van der Waals surface area contributed by atoms with Gasteiger partial charge in [0.1, 0.15) is 24.6 Å². The fourth-order valence-corrected chi connectivity index (χ4v) is 2.52. The average molecular weight is 360 g/mol. The second-order valence-electron chi connectivity index (χ2n) is 5.20. The Morgan fingerprint density at radius 2 is 1.85 bits per heavy atom. The van der Waals surface area contributed by atoms with Crippen molar-refractivity contribution in [2.24, 2.45) is 0 Å². The molecular weight excluding hydrogens is 344 g/mol. The molecule has 0 N–H and O–H groups in total. The molecule has 0 aliphatic rings. The topological polar surface area (TPSA) is 115 Å². The summed E-state index contributed by atoms with van der Waals surface area (Å²) in [7, 11) is 4.56. The van der Waals surface area contributed by atoms with Gasteiger partial charge in [0.15, 0.2) is 17.3 Å². The number of aromatic nitrogens is 3. The predicted molar refractivity (Wildman–Crippen MR) is 89.6 cm³/mol. The number of imidazole rings is 1. The van der Waals surface area contributed by atoms with Crippen molar-refractivity contribution in [1.82, 2.24) is 14.7 Å². The van der Waals surface area contributed by atoms with Gasteiger partial charge in [-0.25, -0.2) is 4.57 Å². The van der Waals surface area contributed by atoms with E-state index in [1.165, 1.54) is 38.3 Å². The standard InChI is InChI=1S/C16H16N4O6/c1-23-13-6-10(7-14(24-2)15(13)25-3)12-8-11(26-18-12)9-19-5-4-17-16(19)20(21)22/h4-8H,9H2,1-3H3. The van der Waals surface area contributed by atoms with Crippen LogP contribution in [-0.4, -0.2) is 41.0 Å². The number of benzene rings is 1. The van der Waals surface area contributed by atoms with Crippen LogP contribution in [0.15, 0.2) is 35.1 Å². The van der Waals surface area contributed by atoms with E-state index in [-0.39, 0.29) is 12.5 Å². The molecule has 0 saturated heterocycles. The predicted octanol–water partition coefficient (Wildman–Crippen LogP) is 2.52. The molecule has 3 rings (SSSR count). The molecule has 10 nitrogen and oxygen atoms in total. The Hall–Kier alpha value is -3.56. The lowest BCUT2D eigenvalue weighted by molar-refractivity contribution is -0.396. The molecule has 1 aromatic carbocycles. The van der Waals surface area contributed by atoms with Crippen LogP contribution in [0.25, 0.3) is 11.3 Å². The highest BCUT2D eigenvalue weighted by molar-refractivity contribution is 5.68. The normalized spacial score (nSPS) is 10.6. The van der Waals surface area contributed by atoms with Crippen molar-refractivity contribution in [3.63, 3.8) is 0 Å². The van der Waals surface area contributed by atoms with Crippen LogP contribution in [0.4, 0.5) is 5.95 Å². The fourth-order valence-electron chi connectivity index (χ4n) is 2.52. The van der Waals surface area contributed by atoms with Gasteiger partial charge in [-0.1, -0.05) is 10.1 Å². The van der Waals surface area contributed by atoms with Crippen LogP contribution >= 0.6 is 0 Å². The molecule has 0 saturated carbocycles. The van der Waals surface area contributed by atoms with Crippen molar-refractivity contribution in [3.8, 4) is 28.5 Å². The number of hydrogen-bond acceptors (Lipinski definition) is 8. The summed E-state index contributed by atoms with van der Waals surface area (Å²) in [5.41, 5.74) is 1.22. The number of rotatable bonds is 7. The summed E-state index contributed by atoms with van der Waals surface area (Å²) < 4.78 is 22.6. The van der Waals surface area contributed by atoms with Crippen LogP contribution in [-0.2, 0) is 6.54 Å². The van der Waals surface area contributed by atoms with Gasteiger partial charge in [0.05, 0.1) is 21.3 Å². The molecule has 0 atom stereocenters. The second-order valence-corrected chi connectivity index (χ2v) is 5.20. The Labute approximate surface area is 148 Å². The SMILES string of the molecule is COc1cc(-c2cc(Cn3ccnc3[N+](=O)[O-])on2)cc(OC)c1OC. The van der Waals surface area contributed by atoms with Crippen molar-refractivity contribution in [3.05, 3.63) is 46.5 Å². The Balaban J connectivity index is 1.92. The van der Waals surface area contributed by atoms with E-state index in [0.717, 1.165) is 0 Å². The van der Waals surface area contributed by atoms with Gasteiger partial charge in [0, 0.05) is 11.6 Å². The van der Waals surface area contributed by atoms with Gasteiger partial charge in [0.25, 0.3) is 0 Å². The van der Waals surface area contributed by atoms with Crippen molar-refractivity contribution >= 4 is 5.95 Å². The molecule has 0 amide bonds. The van der Waals surface area contributed by atoms with Crippen LogP contribution in [0.1, 0.15) is 5.76 Å². The molecular formula is C16H16N4O6. The first kappa shape index (κ1) is 17.3. The third-order valence-electron chi connectivity index (χ3n) is 3.70. The van der Waals surface area contributed by atoms with Crippen molar-refractivity contribution in [2.45, 2.75) is 6.54 Å². The zero-order valence-corrected chi connectivity index (χ0v) is 14.3. The Morgan fingerprint density at radius 3 is 2.42 bits per heavy atom. The zero-order chi connectivity index (χ0) is 18.7. The quantitative estimate of drug-likeness (QED) is 0.466. The molecule has 26 heavy (non-hydrogen) atoms. The van der Waals surface area contributed by atoms with Gasteiger partial charge in [-0.05, 0) is 17.1 Å². The van der Waals surface area contributed by atoms with Gasteiger partial charge in [0.2, 0.25) is 5.75 Å². The maximum Gasteiger partial charge on any atom is 0.434 e. The maximum atomic E-state index is 10.9. The molecule has 0 fully saturated rings. The smallest absolute Gasteiger partial charge is 0.434 e. The number of ether oxygens (including phenoxy) is 3. The van der Waals surface area contributed by atoms with E-state index in [0.29, 0.717) is 34.3 Å². The van der Waals surface area contributed by atoms with E-state index in [4.69, 9.17) is 18.7 Å². The first-order valence-corrected chi connectivity index (χ1v) is 7.48. The Kier molecular flexibility index (Phi) is 4.74. The van der Waals surface area contributed by atoms with E-state index in [2.05, 4.69) is 10.1 Å². The minimum atomic E-state index is -0.559. The molecule has 0 aliphatic heterocycles. The van der Waals surface area contributed by atoms with E-state index in [9.17, 15) is 10.1 Å². The summed E-state index contributed by atoms with van der Waals surface area (Å²) in [5, 5.41) is 15.0. The summed E-state index contributed by atoms with van der Waals surface area (Å²) >= 11 is 0. The second kappa shape index (κ2) is 7.13. The van der Waals surface area contributed by atoms with Crippen LogP contribution in [0.2, 0.25) is 0 Å². The van der Waals surface area contributed by atoms with E-state index < -0.39 is 4.92 Å². The molecule has 3 aromatic rings. The highest BCUT2D eigenvalue weighted by Crippen LogP contribution is 2.41. The first-order chi connectivity index (χ1) is 12.6. The summed E-state index contributed by atoms with van der Waals surface area (Å²) in [6.07, 6.45) is 2.86. The monoisotopic (exact) mass is 360 g/mol. The van der Waals surface area contributed by atoms with Crippen LogP contribution in [0.5, 0.6) is 17.2 Å². The van der Waals surface area contributed by atoms with Gasteiger partial charge >= 0.3 is 5.95 Å². The highest BCUT2D eigenvalue weighted by atomic mass is 16.6. The number of methoxy groups -OCH3 is 3. The first-order valence-electron chi connectivity index (χ1n) is 7.48. The van der Waals surface area contributed by atoms with Crippen molar-refractivity contribution in [1.29, 1.82) is 0 Å². The Morgan fingerprint density at radius 1 is 1.15 bits per heavy atom. The molecule has 0 bridgehead atoms. The summed E-state index contributed by atoms with van der Waals surface area (Å²) in [4.78, 5) is 14.1. The highest BCUT2D eigenvalue weighted by Gasteiger charge is 2.19. The van der Waals surface area contributed by atoms with E-state index in [1.807, 2.05) is 0 Å². The summed E-state index contributed by atoms with van der Waals surface area (Å²) in [6.45, 7) is 0.133. The lowest BCUT2D eigenvalue weighted by atomic mass is 10.1. The zero-order valence-electron chi connectivity index (χ0n) is 14.3. The number of nitrogens with zero attached hydrogens (tertiary/aromatic N) is 4. The van der Waals surface area contributed by atoms with Crippen LogP contribution < -0.4 is 14.2 Å². The van der Waals surface area contributed by atoms with Gasteiger partial charge in [-0.2, -0.15) is 0 Å². The van der Waals surface area contributed by atoms with Gasteiger partial charge in [-0.15, -0.1) is 0 Å². The maximum absolute atomic E-state index is 10.9. The fraction of sp³-hybridized carbons (Fsp3) is 0.250. The minimum Gasteiger partial charge on any atom is -0.493 e. The molecule has 0 unspecified atom stereocenters. The molecule has 136 valence electrons. The Bertz CT molecular complexity index is 907. The lowest BCUT2D eigenvalue weighted by Gasteiger charge is -2.13. The molecule has 0 aliphatic carbocycles. The number of hydrogen-bond donors (Lipinski definition) is 0. The van der Waals surface area contributed by atoms with Crippen LogP contribution in [0.3, 0.4) is 0 Å². The van der Waals surface area contributed by atoms with Gasteiger partial charge in [-0.3, -0.25) is 0 Å². The molecule has 0 radical (unpaired) electrons. The summed E-state index contributed by atoms with van der Waals surface area (Å²) in [5.74, 6) is 1.61. The third kappa shape index (κ3) is 3.16. The van der Waals surface area contributed by atoms with Crippen molar-refractivity contribution < 1.29 is 23.7 Å². The third-order valence-corrected chi connectivity index (χ3v) is 3.70. The van der Waals surface area contributed by atoms with Crippen molar-refractivity contribution in [2.75, 3.05) is 21.3 Å². The lowest BCUT2D eigenvalue weighted by Crippen LogP contribution is -2.03. The molecule has 2 aromatic heterocycles. The molecule has 2 heterocycles. The summed E-state index contributed by atoms with van der Waals surface area (Å²) in [6, 6.07) is 5.16. The minimum absolute atomic E-state index is 0.133. The van der Waals surface area contributed by atoms with E-state index in [1.54, 1.807) is 18.2 Å².